The molecule has 0 atom stereocenters. The molecule has 6 nitrogen and oxygen atoms in total. The fourth-order valence-electron chi connectivity index (χ4n) is 3.81. The SMILES string of the molecule is CNCc1cc2c(Cl)c[nH]c2cc1F.O=Cc1ccnc(Cc2cccc(-n3ccccc3=O)c2)c1. The number of aromatic nitrogens is 3. The molecule has 3 aromatic heterocycles. The Morgan fingerprint density at radius 2 is 1.97 bits per heavy atom. The molecule has 36 heavy (non-hydrogen) atoms. The van der Waals surface area contributed by atoms with Gasteiger partial charge in [0, 0.05) is 71.0 Å². The van der Waals surface area contributed by atoms with Gasteiger partial charge in [0.25, 0.3) is 5.56 Å². The molecular formula is C28H24ClFN4O2. The summed E-state index contributed by atoms with van der Waals surface area (Å²) in [6.07, 6.45) is 6.45. The molecule has 0 saturated heterocycles. The van der Waals surface area contributed by atoms with E-state index in [0.29, 0.717) is 29.1 Å². The van der Waals surface area contributed by atoms with Crippen LogP contribution < -0.4 is 10.9 Å². The van der Waals surface area contributed by atoms with Gasteiger partial charge >= 0.3 is 0 Å². The molecule has 0 aliphatic rings. The molecular weight excluding hydrogens is 479 g/mol. The van der Waals surface area contributed by atoms with Crippen LogP contribution in [0.1, 0.15) is 27.2 Å². The molecule has 2 aromatic carbocycles. The first-order valence-electron chi connectivity index (χ1n) is 11.2. The Labute approximate surface area is 212 Å². The number of H-pyrrole nitrogens is 1. The summed E-state index contributed by atoms with van der Waals surface area (Å²) in [5, 5.41) is 4.39. The normalized spacial score (nSPS) is 10.6. The number of hydrogen-bond acceptors (Lipinski definition) is 4. The minimum atomic E-state index is -0.217. The fraction of sp³-hybridized carbons (Fsp3) is 0.107. The van der Waals surface area contributed by atoms with Crippen molar-refractivity contribution in [2.45, 2.75) is 13.0 Å². The lowest BCUT2D eigenvalue weighted by Crippen LogP contribution is -2.15. The summed E-state index contributed by atoms with van der Waals surface area (Å²) in [4.78, 5) is 29.9. The van der Waals surface area contributed by atoms with Crippen LogP contribution in [0, 0.1) is 5.82 Å². The summed E-state index contributed by atoms with van der Waals surface area (Å²) < 4.78 is 15.0. The van der Waals surface area contributed by atoms with Crippen molar-refractivity contribution in [3.05, 3.63) is 129 Å². The number of aromatic amines is 1. The second-order valence-corrected chi connectivity index (χ2v) is 8.52. The average molecular weight is 503 g/mol. The molecule has 3 heterocycles. The standard InChI is InChI=1S/C18H14N2O2.C10H10ClFN2/c21-13-15-7-8-19-16(11-15)10-14-4-3-5-17(12-14)20-9-2-1-6-18(20)22;1-13-4-6-2-7-8(11)5-14-10(7)3-9(6)12/h1-9,11-13H,10H2;2-3,5,13-14H,4H2,1H3. The number of rotatable bonds is 6. The number of carbonyl (C=O) groups excluding carboxylic acids is 1. The van der Waals surface area contributed by atoms with E-state index in [2.05, 4.69) is 15.3 Å². The van der Waals surface area contributed by atoms with Crippen LogP contribution >= 0.6 is 11.6 Å². The van der Waals surface area contributed by atoms with Gasteiger partial charge in [-0.25, -0.2) is 4.39 Å². The zero-order valence-corrected chi connectivity index (χ0v) is 20.3. The molecule has 0 saturated carbocycles. The van der Waals surface area contributed by atoms with Crippen LogP contribution in [0.25, 0.3) is 16.6 Å². The molecule has 0 radical (unpaired) electrons. The smallest absolute Gasteiger partial charge is 0.255 e. The van der Waals surface area contributed by atoms with Crippen LogP contribution in [0.5, 0.6) is 0 Å². The highest BCUT2D eigenvalue weighted by Crippen LogP contribution is 2.25. The van der Waals surface area contributed by atoms with Crippen LogP contribution in [0.4, 0.5) is 4.39 Å². The van der Waals surface area contributed by atoms with Crippen LogP contribution in [0.2, 0.25) is 5.02 Å². The van der Waals surface area contributed by atoms with E-state index < -0.39 is 0 Å². The summed E-state index contributed by atoms with van der Waals surface area (Å²) in [6.45, 7) is 0.503. The third kappa shape index (κ3) is 5.94. The second-order valence-electron chi connectivity index (χ2n) is 8.11. The van der Waals surface area contributed by atoms with Crippen molar-refractivity contribution in [2.24, 2.45) is 0 Å². The van der Waals surface area contributed by atoms with Crippen molar-refractivity contribution >= 4 is 28.8 Å². The third-order valence-corrected chi connectivity index (χ3v) is 5.85. The molecule has 0 aliphatic heterocycles. The van der Waals surface area contributed by atoms with Gasteiger partial charge < -0.3 is 10.3 Å². The first-order chi connectivity index (χ1) is 17.5. The Bertz CT molecular complexity index is 1560. The first-order valence-corrected chi connectivity index (χ1v) is 11.6. The Balaban J connectivity index is 0.000000187. The third-order valence-electron chi connectivity index (χ3n) is 5.54. The molecule has 0 unspecified atom stereocenters. The molecule has 8 heteroatoms. The van der Waals surface area contributed by atoms with Gasteiger partial charge in [0.15, 0.2) is 0 Å². The number of nitrogens with zero attached hydrogens (tertiary/aromatic N) is 2. The topological polar surface area (TPSA) is 79.8 Å². The Morgan fingerprint density at radius 3 is 2.75 bits per heavy atom. The van der Waals surface area contributed by atoms with Gasteiger partial charge in [-0.3, -0.25) is 19.1 Å². The number of halogens is 2. The monoisotopic (exact) mass is 502 g/mol. The number of hydrogen-bond donors (Lipinski definition) is 2. The maximum Gasteiger partial charge on any atom is 0.255 e. The molecule has 0 bridgehead atoms. The minimum absolute atomic E-state index is 0.0688. The number of pyridine rings is 2. The largest absolute Gasteiger partial charge is 0.360 e. The lowest BCUT2D eigenvalue weighted by atomic mass is 10.1. The number of carbonyl (C=O) groups is 1. The van der Waals surface area contributed by atoms with E-state index in [4.69, 9.17) is 11.6 Å². The molecule has 0 spiro atoms. The van der Waals surface area contributed by atoms with Crippen molar-refractivity contribution in [3.63, 3.8) is 0 Å². The number of benzene rings is 2. The second kappa shape index (κ2) is 11.6. The van der Waals surface area contributed by atoms with Crippen LogP contribution in [0.15, 0.2) is 90.1 Å². The molecule has 5 rings (SSSR count). The van der Waals surface area contributed by atoms with E-state index in [1.165, 1.54) is 12.1 Å². The van der Waals surface area contributed by atoms with E-state index in [1.807, 2.05) is 30.3 Å². The van der Waals surface area contributed by atoms with Gasteiger partial charge in [-0.2, -0.15) is 0 Å². The number of fused-ring (bicyclic) bond motifs is 1. The van der Waals surface area contributed by atoms with Gasteiger partial charge in [0.1, 0.15) is 12.1 Å². The van der Waals surface area contributed by atoms with Crippen molar-refractivity contribution in [2.75, 3.05) is 7.05 Å². The number of nitrogens with one attached hydrogen (secondary N) is 2. The highest BCUT2D eigenvalue weighted by Gasteiger charge is 2.07. The van der Waals surface area contributed by atoms with Crippen LogP contribution in [-0.2, 0) is 13.0 Å². The number of aldehydes is 1. The van der Waals surface area contributed by atoms with Crippen molar-refractivity contribution in [1.29, 1.82) is 0 Å². The Kier molecular flexibility index (Phi) is 8.05. The van der Waals surface area contributed by atoms with E-state index in [9.17, 15) is 14.0 Å². The van der Waals surface area contributed by atoms with Crippen LogP contribution in [0.3, 0.4) is 0 Å². The van der Waals surface area contributed by atoms with Gasteiger partial charge in [-0.1, -0.05) is 29.8 Å². The van der Waals surface area contributed by atoms with Gasteiger partial charge in [-0.15, -0.1) is 0 Å². The van der Waals surface area contributed by atoms with E-state index in [-0.39, 0.29) is 11.4 Å². The van der Waals surface area contributed by atoms with Gasteiger partial charge in [-0.05, 0) is 55.1 Å². The van der Waals surface area contributed by atoms with Gasteiger partial charge in [0.2, 0.25) is 0 Å². The van der Waals surface area contributed by atoms with E-state index >= 15 is 0 Å². The van der Waals surface area contributed by atoms with Crippen molar-refractivity contribution in [3.8, 4) is 5.69 Å². The molecule has 5 aromatic rings. The fourth-order valence-corrected chi connectivity index (χ4v) is 4.02. The van der Waals surface area contributed by atoms with E-state index in [1.54, 1.807) is 54.5 Å². The van der Waals surface area contributed by atoms with Crippen LogP contribution in [-0.4, -0.2) is 27.9 Å². The summed E-state index contributed by atoms with van der Waals surface area (Å²) in [5.74, 6) is -0.217. The maximum absolute atomic E-state index is 13.4. The zero-order chi connectivity index (χ0) is 25.5. The zero-order valence-electron chi connectivity index (χ0n) is 19.5. The summed E-state index contributed by atoms with van der Waals surface area (Å²) in [7, 11) is 1.78. The van der Waals surface area contributed by atoms with Gasteiger partial charge in [0.05, 0.1) is 5.02 Å². The Morgan fingerprint density at radius 1 is 1.11 bits per heavy atom. The quantitative estimate of drug-likeness (QED) is 0.308. The predicted molar refractivity (Wildman–Crippen MR) is 140 cm³/mol. The molecule has 0 amide bonds. The lowest BCUT2D eigenvalue weighted by molar-refractivity contribution is 0.112. The van der Waals surface area contributed by atoms with Crippen molar-refractivity contribution in [1.82, 2.24) is 19.9 Å². The first kappa shape index (κ1) is 25.0. The molecule has 2 N–H and O–H groups in total. The lowest BCUT2D eigenvalue weighted by Gasteiger charge is -2.08. The summed E-state index contributed by atoms with van der Waals surface area (Å²) >= 11 is 5.92. The minimum Gasteiger partial charge on any atom is -0.360 e. The predicted octanol–water partition coefficient (Wildman–Crippen LogP) is 5.32. The highest BCUT2D eigenvalue weighted by atomic mass is 35.5. The average Bonchev–Trinajstić information content (AvgIpc) is 3.24. The highest BCUT2D eigenvalue weighted by molar-refractivity contribution is 6.35. The molecule has 0 fully saturated rings. The maximum atomic E-state index is 13.4. The van der Waals surface area contributed by atoms with Crippen molar-refractivity contribution < 1.29 is 9.18 Å². The molecule has 182 valence electrons. The summed E-state index contributed by atoms with van der Waals surface area (Å²) in [6, 6.07) is 19.5. The Hall–Kier alpha value is -4.07. The molecule has 0 aliphatic carbocycles. The van der Waals surface area contributed by atoms with E-state index in [0.717, 1.165) is 34.1 Å². The summed E-state index contributed by atoms with van der Waals surface area (Å²) in [5.41, 5.74) is 4.57.